The molecule has 2 amide bonds. The van der Waals surface area contributed by atoms with Crippen molar-refractivity contribution >= 4 is 23.5 Å². The van der Waals surface area contributed by atoms with Crippen LogP contribution in [0.15, 0.2) is 18.3 Å². The van der Waals surface area contributed by atoms with Crippen molar-refractivity contribution in [3.05, 3.63) is 41.0 Å². The summed E-state index contributed by atoms with van der Waals surface area (Å²) >= 11 is 0. The third-order valence-electron chi connectivity index (χ3n) is 7.39. The number of fused-ring (bicyclic) bond motifs is 1. The molecule has 0 bridgehead atoms. The number of aromatic nitrogens is 3. The van der Waals surface area contributed by atoms with Crippen LogP contribution < -0.4 is 10.6 Å². The summed E-state index contributed by atoms with van der Waals surface area (Å²) in [6.45, 7) is 3.32. The smallest absolute Gasteiger partial charge is 0.258 e. The van der Waals surface area contributed by atoms with E-state index >= 15 is 0 Å². The number of nitrogens with zero attached hydrogens (tertiary/aromatic N) is 5. The van der Waals surface area contributed by atoms with Crippen LogP contribution in [0.25, 0.3) is 0 Å². The fourth-order valence-corrected chi connectivity index (χ4v) is 5.56. The number of pyridine rings is 1. The molecule has 2 fully saturated rings. The summed E-state index contributed by atoms with van der Waals surface area (Å²) in [6, 6.07) is 3.21. The molecule has 1 saturated heterocycles. The first-order chi connectivity index (χ1) is 16.0. The minimum atomic E-state index is -0.234. The predicted molar refractivity (Wildman–Crippen MR) is 126 cm³/mol. The van der Waals surface area contributed by atoms with E-state index in [0.717, 1.165) is 42.9 Å². The minimum Gasteiger partial charge on any atom is -0.383 e. The first kappa shape index (κ1) is 21.8. The van der Waals surface area contributed by atoms with Gasteiger partial charge in [0.1, 0.15) is 11.6 Å². The highest BCUT2D eigenvalue weighted by Gasteiger charge is 2.37. The number of nitrogens with two attached hydrogens (primary N) is 1. The maximum Gasteiger partial charge on any atom is 0.258 e. The molecule has 8 nitrogen and oxygen atoms in total. The third-order valence-corrected chi connectivity index (χ3v) is 7.39. The molecule has 2 aromatic rings. The van der Waals surface area contributed by atoms with Crippen LogP contribution in [0, 0.1) is 12.8 Å². The van der Waals surface area contributed by atoms with Crippen molar-refractivity contribution < 1.29 is 9.59 Å². The molecule has 0 aromatic carbocycles. The highest BCUT2D eigenvalue weighted by molar-refractivity contribution is 6.00. The van der Waals surface area contributed by atoms with E-state index in [-0.39, 0.29) is 23.7 Å². The van der Waals surface area contributed by atoms with Crippen LogP contribution in [0.4, 0.5) is 11.6 Å². The zero-order chi connectivity index (χ0) is 22.9. The van der Waals surface area contributed by atoms with Gasteiger partial charge in [-0.1, -0.05) is 19.3 Å². The average molecular weight is 449 g/mol. The number of hydrogen-bond acceptors (Lipinski definition) is 6. The van der Waals surface area contributed by atoms with Crippen molar-refractivity contribution in [2.24, 2.45) is 5.92 Å². The van der Waals surface area contributed by atoms with Gasteiger partial charge in [0.25, 0.3) is 5.91 Å². The van der Waals surface area contributed by atoms with E-state index in [1.54, 1.807) is 18.3 Å². The quantitative estimate of drug-likeness (QED) is 0.766. The maximum atomic E-state index is 13.4. The normalized spacial score (nSPS) is 21.4. The number of carbonyl (C=O) groups is 2. The first-order valence-corrected chi connectivity index (χ1v) is 12.2. The fourth-order valence-electron chi connectivity index (χ4n) is 5.56. The zero-order valence-corrected chi connectivity index (χ0v) is 19.3. The van der Waals surface area contributed by atoms with Crippen LogP contribution in [-0.4, -0.2) is 44.8 Å². The van der Waals surface area contributed by atoms with Crippen LogP contribution >= 0.6 is 0 Å². The topological polar surface area (TPSA) is 105 Å². The zero-order valence-electron chi connectivity index (χ0n) is 19.3. The fraction of sp³-hybridized carbons (Fsp3) is 0.560. The Morgan fingerprint density at radius 1 is 1.12 bits per heavy atom. The number of piperidine rings is 1. The van der Waals surface area contributed by atoms with Crippen molar-refractivity contribution in [3.63, 3.8) is 0 Å². The number of carbonyl (C=O) groups excluding carboxylic acids is 2. The van der Waals surface area contributed by atoms with Gasteiger partial charge < -0.3 is 10.6 Å². The number of amides is 2. The number of anilines is 2. The van der Waals surface area contributed by atoms with Gasteiger partial charge >= 0.3 is 0 Å². The van der Waals surface area contributed by atoms with E-state index in [0.29, 0.717) is 30.3 Å². The molecule has 0 radical (unpaired) electrons. The molecule has 174 valence electrons. The van der Waals surface area contributed by atoms with Crippen LogP contribution in [0.5, 0.6) is 0 Å². The van der Waals surface area contributed by atoms with Gasteiger partial charge in [-0.05, 0) is 57.1 Å². The molecule has 2 aliphatic heterocycles. The molecule has 4 heterocycles. The number of rotatable bonds is 4. The highest BCUT2D eigenvalue weighted by Crippen LogP contribution is 2.36. The van der Waals surface area contributed by atoms with Crippen LogP contribution in [0.1, 0.15) is 84.8 Å². The SMILES string of the molecule is Cc1nc(C2CCCCN2C(=O)c2cccnc2N)nc2c1CC(=O)N2CC1CCCCC1. The molecule has 8 heteroatoms. The number of likely N-dealkylation sites (tertiary alicyclic amines) is 1. The second-order valence-electron chi connectivity index (χ2n) is 9.60. The third kappa shape index (κ3) is 4.18. The summed E-state index contributed by atoms with van der Waals surface area (Å²) in [6.07, 6.45) is 10.8. The van der Waals surface area contributed by atoms with E-state index in [9.17, 15) is 9.59 Å². The molecule has 5 rings (SSSR count). The van der Waals surface area contributed by atoms with Gasteiger partial charge in [-0.3, -0.25) is 14.5 Å². The molecule has 2 N–H and O–H groups in total. The Kier molecular flexibility index (Phi) is 6.00. The Morgan fingerprint density at radius 3 is 2.70 bits per heavy atom. The Hall–Kier alpha value is -3.03. The molecule has 2 aromatic heterocycles. The van der Waals surface area contributed by atoms with Crippen molar-refractivity contribution in [2.75, 3.05) is 23.7 Å². The Labute approximate surface area is 194 Å². The lowest BCUT2D eigenvalue weighted by molar-refractivity contribution is -0.117. The molecular formula is C25H32N6O2. The Bertz CT molecular complexity index is 1060. The summed E-state index contributed by atoms with van der Waals surface area (Å²) in [5.41, 5.74) is 8.19. The second-order valence-corrected chi connectivity index (χ2v) is 9.60. The van der Waals surface area contributed by atoms with Gasteiger partial charge in [0.05, 0.1) is 18.0 Å². The van der Waals surface area contributed by atoms with Crippen molar-refractivity contribution in [3.8, 4) is 0 Å². The van der Waals surface area contributed by atoms with Gasteiger partial charge in [-0.25, -0.2) is 15.0 Å². The predicted octanol–water partition coefficient (Wildman–Crippen LogP) is 3.60. The van der Waals surface area contributed by atoms with Crippen LogP contribution in [0.2, 0.25) is 0 Å². The van der Waals surface area contributed by atoms with Gasteiger partial charge in [-0.2, -0.15) is 0 Å². The Morgan fingerprint density at radius 2 is 1.91 bits per heavy atom. The van der Waals surface area contributed by atoms with E-state index in [4.69, 9.17) is 15.7 Å². The standard InChI is InChI=1S/C25H32N6O2/c1-16-19-14-21(32)31(15-17-8-3-2-4-9-17)24(19)29-23(28-16)20-11-5-6-13-30(20)25(33)18-10-7-12-27-22(18)26/h7,10,12,17,20H,2-6,8-9,11,13-15H2,1H3,(H2,26,27). The van der Waals surface area contributed by atoms with Gasteiger partial charge in [-0.15, -0.1) is 0 Å². The van der Waals surface area contributed by atoms with Gasteiger partial charge in [0, 0.05) is 30.5 Å². The highest BCUT2D eigenvalue weighted by atomic mass is 16.2. The van der Waals surface area contributed by atoms with E-state index in [1.807, 2.05) is 16.7 Å². The summed E-state index contributed by atoms with van der Waals surface area (Å²) in [7, 11) is 0. The second kappa shape index (κ2) is 9.08. The Balaban J connectivity index is 1.46. The van der Waals surface area contributed by atoms with Crippen LogP contribution in [0.3, 0.4) is 0 Å². The van der Waals surface area contributed by atoms with Crippen LogP contribution in [-0.2, 0) is 11.2 Å². The molecule has 1 aliphatic carbocycles. The van der Waals surface area contributed by atoms with E-state index in [1.165, 1.54) is 32.1 Å². The van der Waals surface area contributed by atoms with E-state index < -0.39 is 0 Å². The van der Waals surface area contributed by atoms with Crippen molar-refractivity contribution in [1.29, 1.82) is 0 Å². The first-order valence-electron chi connectivity index (χ1n) is 12.2. The van der Waals surface area contributed by atoms with Gasteiger partial charge in [0.2, 0.25) is 5.91 Å². The molecule has 3 aliphatic rings. The number of hydrogen-bond donors (Lipinski definition) is 1. The summed E-state index contributed by atoms with van der Waals surface area (Å²) in [5, 5.41) is 0. The molecule has 1 atom stereocenters. The van der Waals surface area contributed by atoms with Gasteiger partial charge in [0.15, 0.2) is 5.82 Å². The van der Waals surface area contributed by atoms with E-state index in [2.05, 4.69) is 4.98 Å². The number of nitrogen functional groups attached to an aromatic ring is 1. The largest absolute Gasteiger partial charge is 0.383 e. The lowest BCUT2D eigenvalue weighted by atomic mass is 9.89. The number of aryl methyl sites for hydroxylation is 1. The minimum absolute atomic E-state index is 0.116. The summed E-state index contributed by atoms with van der Waals surface area (Å²) < 4.78 is 0. The summed E-state index contributed by atoms with van der Waals surface area (Å²) in [4.78, 5) is 43.8. The van der Waals surface area contributed by atoms with Crippen molar-refractivity contribution in [2.45, 2.75) is 70.8 Å². The maximum absolute atomic E-state index is 13.4. The average Bonchev–Trinajstić information content (AvgIpc) is 3.15. The molecule has 1 unspecified atom stereocenters. The molecule has 33 heavy (non-hydrogen) atoms. The van der Waals surface area contributed by atoms with Crippen molar-refractivity contribution in [1.82, 2.24) is 19.9 Å². The lowest BCUT2D eigenvalue weighted by Crippen LogP contribution is -2.40. The lowest BCUT2D eigenvalue weighted by Gasteiger charge is -2.35. The summed E-state index contributed by atoms with van der Waals surface area (Å²) in [5.74, 6) is 2.14. The monoisotopic (exact) mass is 448 g/mol. The molecule has 0 spiro atoms. The molecular weight excluding hydrogens is 416 g/mol. The molecule has 1 saturated carbocycles.